The Morgan fingerprint density at radius 2 is 2.29 bits per heavy atom. The molecule has 0 aliphatic carbocycles. The Bertz CT molecular complexity index is 352. The summed E-state index contributed by atoms with van der Waals surface area (Å²) in [6.07, 6.45) is 0.107. The van der Waals surface area contributed by atoms with Crippen molar-refractivity contribution in [2.75, 3.05) is 31.1 Å². The molecule has 0 radical (unpaired) electrons. The number of aromatic nitrogens is 2. The van der Waals surface area contributed by atoms with E-state index in [1.807, 2.05) is 12.1 Å². The Kier molecular flexibility index (Phi) is 3.91. The zero-order chi connectivity index (χ0) is 12.3. The molecule has 0 aromatic carbocycles. The second kappa shape index (κ2) is 5.42. The van der Waals surface area contributed by atoms with Crippen LogP contribution in [0.25, 0.3) is 0 Å². The Hall–Kier alpha value is -1.20. The minimum atomic E-state index is 0.107. The van der Waals surface area contributed by atoms with E-state index in [4.69, 9.17) is 10.5 Å². The second-order valence-electron chi connectivity index (χ2n) is 4.65. The van der Waals surface area contributed by atoms with Gasteiger partial charge in [-0.15, -0.1) is 5.10 Å². The van der Waals surface area contributed by atoms with Crippen LogP contribution in [0.5, 0.6) is 0 Å². The van der Waals surface area contributed by atoms with Crippen molar-refractivity contribution >= 4 is 5.82 Å². The van der Waals surface area contributed by atoms with Crippen LogP contribution in [-0.4, -0.2) is 42.5 Å². The summed E-state index contributed by atoms with van der Waals surface area (Å²) in [6.45, 7) is 7.13. The summed E-state index contributed by atoms with van der Waals surface area (Å²) in [5.74, 6) is 1.33. The van der Waals surface area contributed by atoms with Crippen LogP contribution >= 0.6 is 0 Å². The molecule has 1 atom stereocenters. The van der Waals surface area contributed by atoms with Gasteiger partial charge in [0.15, 0.2) is 5.82 Å². The van der Waals surface area contributed by atoms with E-state index in [1.54, 1.807) is 0 Å². The number of ether oxygens (including phenoxy) is 1. The van der Waals surface area contributed by atoms with Gasteiger partial charge in [0.1, 0.15) is 0 Å². The van der Waals surface area contributed by atoms with Gasteiger partial charge in [-0.1, -0.05) is 13.8 Å². The van der Waals surface area contributed by atoms with Crippen LogP contribution in [-0.2, 0) is 4.74 Å². The van der Waals surface area contributed by atoms with E-state index >= 15 is 0 Å². The smallest absolute Gasteiger partial charge is 0.151 e. The molecule has 1 fully saturated rings. The molecule has 1 saturated heterocycles. The molecule has 1 unspecified atom stereocenters. The molecule has 2 heterocycles. The Balaban J connectivity index is 2.06. The fourth-order valence-corrected chi connectivity index (χ4v) is 1.88. The number of morpholine rings is 1. The SMILES string of the molecule is CC(C)c1ccc(N2CCOC(CN)C2)nn1. The molecule has 0 bridgehead atoms. The predicted octanol–water partition coefficient (Wildman–Crippen LogP) is 0.764. The number of nitrogens with zero attached hydrogens (tertiary/aromatic N) is 3. The van der Waals surface area contributed by atoms with Crippen molar-refractivity contribution in [3.05, 3.63) is 17.8 Å². The molecule has 94 valence electrons. The van der Waals surface area contributed by atoms with Crippen LogP contribution in [0.4, 0.5) is 5.82 Å². The summed E-state index contributed by atoms with van der Waals surface area (Å²) < 4.78 is 5.53. The third-order valence-electron chi connectivity index (χ3n) is 2.99. The summed E-state index contributed by atoms with van der Waals surface area (Å²) in [6, 6.07) is 4.07. The van der Waals surface area contributed by atoms with Gasteiger partial charge in [-0.3, -0.25) is 0 Å². The topological polar surface area (TPSA) is 64.3 Å². The first-order valence-corrected chi connectivity index (χ1v) is 6.11. The molecule has 0 amide bonds. The number of rotatable bonds is 3. The van der Waals surface area contributed by atoms with Crippen molar-refractivity contribution in [3.8, 4) is 0 Å². The van der Waals surface area contributed by atoms with Crippen molar-refractivity contribution in [2.24, 2.45) is 5.73 Å². The maximum absolute atomic E-state index is 5.62. The standard InChI is InChI=1S/C12H20N4O/c1-9(2)11-3-4-12(15-14-11)16-5-6-17-10(7-13)8-16/h3-4,9-10H,5-8,13H2,1-2H3. The van der Waals surface area contributed by atoms with Gasteiger partial charge in [0, 0.05) is 19.6 Å². The lowest BCUT2D eigenvalue weighted by Crippen LogP contribution is -2.46. The van der Waals surface area contributed by atoms with Crippen LogP contribution in [0.2, 0.25) is 0 Å². The maximum Gasteiger partial charge on any atom is 0.151 e. The van der Waals surface area contributed by atoms with Crippen LogP contribution in [0.3, 0.4) is 0 Å². The van der Waals surface area contributed by atoms with E-state index in [-0.39, 0.29) is 6.10 Å². The average molecular weight is 236 g/mol. The second-order valence-corrected chi connectivity index (χ2v) is 4.65. The molecular formula is C12H20N4O. The van der Waals surface area contributed by atoms with E-state index in [0.29, 0.717) is 19.1 Å². The van der Waals surface area contributed by atoms with Crippen LogP contribution < -0.4 is 10.6 Å². The first kappa shape index (κ1) is 12.3. The average Bonchev–Trinajstić information content (AvgIpc) is 2.39. The summed E-state index contributed by atoms with van der Waals surface area (Å²) >= 11 is 0. The zero-order valence-corrected chi connectivity index (χ0v) is 10.5. The predicted molar refractivity (Wildman–Crippen MR) is 67.1 cm³/mol. The first-order chi connectivity index (χ1) is 8.20. The largest absolute Gasteiger partial charge is 0.373 e. The third kappa shape index (κ3) is 2.92. The van der Waals surface area contributed by atoms with Gasteiger partial charge >= 0.3 is 0 Å². The molecule has 0 saturated carbocycles. The Morgan fingerprint density at radius 3 is 2.88 bits per heavy atom. The lowest BCUT2D eigenvalue weighted by Gasteiger charge is -2.32. The molecule has 0 spiro atoms. The normalized spacial score (nSPS) is 20.9. The van der Waals surface area contributed by atoms with Crippen LogP contribution in [0, 0.1) is 0 Å². The third-order valence-corrected chi connectivity index (χ3v) is 2.99. The lowest BCUT2D eigenvalue weighted by atomic mass is 10.1. The van der Waals surface area contributed by atoms with E-state index < -0.39 is 0 Å². The number of hydrogen-bond donors (Lipinski definition) is 1. The van der Waals surface area contributed by atoms with Gasteiger partial charge < -0.3 is 15.4 Å². The fraction of sp³-hybridized carbons (Fsp3) is 0.667. The van der Waals surface area contributed by atoms with Gasteiger partial charge in [-0.05, 0) is 18.1 Å². The van der Waals surface area contributed by atoms with Crippen molar-refractivity contribution < 1.29 is 4.74 Å². The van der Waals surface area contributed by atoms with E-state index in [9.17, 15) is 0 Å². The van der Waals surface area contributed by atoms with Crippen molar-refractivity contribution in [3.63, 3.8) is 0 Å². The molecule has 2 rings (SSSR count). The molecular weight excluding hydrogens is 216 g/mol. The summed E-state index contributed by atoms with van der Waals surface area (Å²) in [4.78, 5) is 2.18. The van der Waals surface area contributed by atoms with Gasteiger partial charge in [0.2, 0.25) is 0 Å². The van der Waals surface area contributed by atoms with Gasteiger partial charge in [0.05, 0.1) is 18.4 Å². The minimum Gasteiger partial charge on any atom is -0.373 e. The molecule has 2 N–H and O–H groups in total. The Morgan fingerprint density at radius 1 is 1.47 bits per heavy atom. The Labute approximate surface area is 102 Å². The molecule has 1 aliphatic heterocycles. The van der Waals surface area contributed by atoms with Gasteiger partial charge in [-0.25, -0.2) is 0 Å². The van der Waals surface area contributed by atoms with Crippen LogP contribution in [0.15, 0.2) is 12.1 Å². The molecule has 1 aliphatic rings. The van der Waals surface area contributed by atoms with Gasteiger partial charge in [0.25, 0.3) is 0 Å². The minimum absolute atomic E-state index is 0.107. The van der Waals surface area contributed by atoms with E-state index in [1.165, 1.54) is 0 Å². The van der Waals surface area contributed by atoms with E-state index in [0.717, 1.165) is 24.6 Å². The number of anilines is 1. The quantitative estimate of drug-likeness (QED) is 0.839. The number of hydrogen-bond acceptors (Lipinski definition) is 5. The molecule has 17 heavy (non-hydrogen) atoms. The monoisotopic (exact) mass is 236 g/mol. The van der Waals surface area contributed by atoms with Crippen molar-refractivity contribution in [1.29, 1.82) is 0 Å². The first-order valence-electron chi connectivity index (χ1n) is 6.11. The lowest BCUT2D eigenvalue weighted by molar-refractivity contribution is 0.0462. The molecule has 1 aromatic heterocycles. The highest BCUT2D eigenvalue weighted by atomic mass is 16.5. The highest BCUT2D eigenvalue weighted by molar-refractivity contribution is 5.38. The zero-order valence-electron chi connectivity index (χ0n) is 10.5. The molecule has 5 nitrogen and oxygen atoms in total. The maximum atomic E-state index is 5.62. The summed E-state index contributed by atoms with van der Waals surface area (Å²) in [5, 5.41) is 8.51. The fourth-order valence-electron chi connectivity index (χ4n) is 1.88. The highest BCUT2D eigenvalue weighted by Gasteiger charge is 2.20. The van der Waals surface area contributed by atoms with Gasteiger partial charge in [-0.2, -0.15) is 5.10 Å². The molecule has 5 heteroatoms. The van der Waals surface area contributed by atoms with E-state index in [2.05, 4.69) is 28.9 Å². The summed E-state index contributed by atoms with van der Waals surface area (Å²) in [7, 11) is 0. The molecule has 1 aromatic rings. The van der Waals surface area contributed by atoms with Crippen molar-refractivity contribution in [2.45, 2.75) is 25.9 Å². The highest BCUT2D eigenvalue weighted by Crippen LogP contribution is 2.16. The number of nitrogens with two attached hydrogens (primary N) is 1. The van der Waals surface area contributed by atoms with Crippen LogP contribution in [0.1, 0.15) is 25.5 Å². The van der Waals surface area contributed by atoms with Crippen molar-refractivity contribution in [1.82, 2.24) is 10.2 Å². The summed E-state index contributed by atoms with van der Waals surface area (Å²) in [5.41, 5.74) is 6.65.